The van der Waals surface area contributed by atoms with Crippen molar-refractivity contribution in [1.82, 2.24) is 15.3 Å². The lowest BCUT2D eigenvalue weighted by Crippen LogP contribution is -2.41. The van der Waals surface area contributed by atoms with E-state index in [0.717, 1.165) is 25.1 Å². The number of nitrogens with zero attached hydrogens (tertiary/aromatic N) is 2. The van der Waals surface area contributed by atoms with Crippen molar-refractivity contribution < 1.29 is 41.7 Å². The number of aromatic nitrogens is 2. The van der Waals surface area contributed by atoms with E-state index in [2.05, 4.69) is 15.3 Å². The summed E-state index contributed by atoms with van der Waals surface area (Å²) in [5, 5.41) is 14.3. The summed E-state index contributed by atoms with van der Waals surface area (Å²) in [5.74, 6) is -1.07. The maximum Gasteiger partial charge on any atom is 0.417 e. The van der Waals surface area contributed by atoms with Crippen molar-refractivity contribution in [3.8, 4) is 34.0 Å². The highest BCUT2D eigenvalue weighted by molar-refractivity contribution is 5.96. The predicted octanol–water partition coefficient (Wildman–Crippen LogP) is 5.28. The highest BCUT2D eigenvalue weighted by atomic mass is 19.4. The normalized spacial score (nSPS) is 18.5. The van der Waals surface area contributed by atoms with Crippen LogP contribution in [0.25, 0.3) is 22.5 Å². The molecular formula is C34H30F4N4O5. The molecule has 0 radical (unpaired) electrons. The van der Waals surface area contributed by atoms with Crippen molar-refractivity contribution in [2.45, 2.75) is 50.0 Å². The monoisotopic (exact) mass is 650 g/mol. The zero-order valence-corrected chi connectivity index (χ0v) is 25.3. The van der Waals surface area contributed by atoms with Crippen LogP contribution in [-0.2, 0) is 22.0 Å². The molecule has 2 amide bonds. The molecule has 0 unspecified atom stereocenters. The molecule has 2 aromatic heterocycles. The fourth-order valence-corrected chi connectivity index (χ4v) is 5.17. The molecule has 4 aromatic rings. The molecule has 3 heterocycles. The maximum atomic E-state index is 13.7. The zero-order valence-electron chi connectivity index (χ0n) is 25.3. The van der Waals surface area contributed by atoms with E-state index in [4.69, 9.17) is 15.2 Å². The summed E-state index contributed by atoms with van der Waals surface area (Å²) in [6.07, 6.45) is -2.20. The van der Waals surface area contributed by atoms with E-state index in [-0.39, 0.29) is 47.7 Å². The number of halogens is 4. The number of amides is 2. The fraction of sp³-hybridized carbons (Fsp3) is 0.294. The number of hydrogen-bond donors (Lipinski definition) is 3. The number of hydrogen-bond acceptors (Lipinski definition) is 7. The van der Waals surface area contributed by atoms with Crippen LogP contribution in [-0.4, -0.2) is 46.1 Å². The Morgan fingerprint density at radius 1 is 1.11 bits per heavy atom. The number of pyridine rings is 2. The van der Waals surface area contributed by atoms with Gasteiger partial charge < -0.3 is 25.6 Å². The number of aliphatic hydroxyl groups is 1. The van der Waals surface area contributed by atoms with Gasteiger partial charge in [0.05, 0.1) is 29.6 Å². The van der Waals surface area contributed by atoms with Gasteiger partial charge >= 0.3 is 6.18 Å². The Bertz CT molecular complexity index is 1860. The Balaban J connectivity index is 1.29. The third kappa shape index (κ3) is 6.35. The van der Waals surface area contributed by atoms with Gasteiger partial charge in [-0.05, 0) is 87.4 Å². The quantitative estimate of drug-likeness (QED) is 0.210. The van der Waals surface area contributed by atoms with Crippen molar-refractivity contribution in [3.63, 3.8) is 0 Å². The van der Waals surface area contributed by atoms with Gasteiger partial charge in [-0.15, -0.1) is 0 Å². The van der Waals surface area contributed by atoms with Crippen LogP contribution < -0.4 is 20.5 Å². The molecule has 0 spiro atoms. The number of ether oxygens (including phenoxy) is 2. The topological polar surface area (TPSA) is 137 Å². The van der Waals surface area contributed by atoms with Gasteiger partial charge in [0.1, 0.15) is 40.6 Å². The Labute approximate surface area is 266 Å². The molecule has 1 fully saturated rings. The molecule has 1 aliphatic heterocycles. The fourth-order valence-electron chi connectivity index (χ4n) is 5.17. The SMILES string of the molecule is C[C@](O)(CNC(=O)c1ccc(OC2CC2)c(-c2ccc(C(F)(F)F)cn2)c1)c1cc2c(c(-c3ccc(F)cc3)n1)OC[C@]2(C)C(N)=O. The molecule has 244 valence electrons. The molecule has 0 saturated heterocycles. The van der Waals surface area contributed by atoms with Crippen LogP contribution in [0.5, 0.6) is 11.5 Å². The summed E-state index contributed by atoms with van der Waals surface area (Å²) in [5.41, 5.74) is 3.66. The van der Waals surface area contributed by atoms with Crippen molar-refractivity contribution in [1.29, 1.82) is 0 Å². The Kier molecular flexibility index (Phi) is 7.91. The lowest BCUT2D eigenvalue weighted by molar-refractivity contribution is -0.137. The van der Waals surface area contributed by atoms with Gasteiger partial charge in [-0.25, -0.2) is 9.37 Å². The summed E-state index contributed by atoms with van der Waals surface area (Å²) in [7, 11) is 0. The summed E-state index contributed by atoms with van der Waals surface area (Å²) in [6, 6.07) is 13.6. The molecule has 2 atom stereocenters. The molecule has 0 bridgehead atoms. The molecule has 2 aliphatic rings. The number of carbonyl (C=O) groups is 2. The largest absolute Gasteiger partial charge is 0.490 e. The minimum Gasteiger partial charge on any atom is -0.490 e. The highest BCUT2D eigenvalue weighted by Crippen LogP contribution is 2.45. The van der Waals surface area contributed by atoms with Crippen LogP contribution in [0.3, 0.4) is 0 Å². The van der Waals surface area contributed by atoms with Crippen molar-refractivity contribution in [2.75, 3.05) is 13.2 Å². The zero-order chi connectivity index (χ0) is 33.7. The highest BCUT2D eigenvalue weighted by Gasteiger charge is 2.45. The number of nitrogens with two attached hydrogens (primary N) is 1. The standard InChI is InChI=1S/C34H30F4N4O5/c1-32(31(39)44)17-46-29-24(32)14-27(42-28(29)18-3-7-21(35)8-4-18)33(2,45)16-41-30(43)19-5-12-26(47-22-9-10-22)23(13-19)25-11-6-20(15-40-25)34(36,37)38/h3-8,11-15,22,45H,9-10,16-17H2,1-2H3,(H2,39,44)(H,41,43)/t32-,33-/m0/s1. The number of carbonyl (C=O) groups excluding carboxylic acids is 2. The summed E-state index contributed by atoms with van der Waals surface area (Å²) in [6.45, 7) is 2.64. The van der Waals surface area contributed by atoms with Gasteiger partial charge in [0.15, 0.2) is 0 Å². The van der Waals surface area contributed by atoms with Crippen molar-refractivity contribution >= 4 is 11.8 Å². The lowest BCUT2D eigenvalue weighted by atomic mass is 9.82. The number of fused-ring (bicyclic) bond motifs is 1. The molecular weight excluding hydrogens is 620 g/mol. The molecule has 9 nitrogen and oxygen atoms in total. The average molecular weight is 651 g/mol. The van der Waals surface area contributed by atoms with Crippen LogP contribution in [0.1, 0.15) is 53.9 Å². The number of primary amides is 1. The second-order valence-corrected chi connectivity index (χ2v) is 12.1. The minimum atomic E-state index is -4.56. The minimum absolute atomic E-state index is 0.0283. The Hall–Kier alpha value is -5.04. The van der Waals surface area contributed by atoms with E-state index in [1.165, 1.54) is 55.5 Å². The number of rotatable bonds is 9. The Morgan fingerprint density at radius 2 is 1.83 bits per heavy atom. The molecule has 47 heavy (non-hydrogen) atoms. The average Bonchev–Trinajstić information content (AvgIpc) is 3.79. The van der Waals surface area contributed by atoms with Crippen LogP contribution in [0.4, 0.5) is 17.6 Å². The molecule has 6 rings (SSSR count). The van der Waals surface area contributed by atoms with E-state index in [1.807, 2.05) is 0 Å². The predicted molar refractivity (Wildman–Crippen MR) is 162 cm³/mol. The molecule has 1 aliphatic carbocycles. The molecule has 13 heteroatoms. The number of nitrogens with one attached hydrogen (secondary N) is 1. The van der Waals surface area contributed by atoms with Crippen molar-refractivity contribution in [2.24, 2.45) is 5.73 Å². The first kappa shape index (κ1) is 31.9. The first-order valence-electron chi connectivity index (χ1n) is 14.8. The summed E-state index contributed by atoms with van der Waals surface area (Å²) < 4.78 is 64.9. The van der Waals surface area contributed by atoms with Crippen molar-refractivity contribution in [3.05, 3.63) is 95.1 Å². The van der Waals surface area contributed by atoms with E-state index in [1.54, 1.807) is 13.0 Å². The van der Waals surface area contributed by atoms with E-state index >= 15 is 0 Å². The molecule has 1 saturated carbocycles. The molecule has 4 N–H and O–H groups in total. The third-order valence-corrected chi connectivity index (χ3v) is 8.31. The van der Waals surface area contributed by atoms with Crippen LogP contribution >= 0.6 is 0 Å². The first-order valence-corrected chi connectivity index (χ1v) is 14.8. The van der Waals surface area contributed by atoms with Gasteiger partial charge in [0, 0.05) is 28.5 Å². The van der Waals surface area contributed by atoms with Crippen LogP contribution in [0, 0.1) is 5.82 Å². The number of alkyl halides is 3. The Morgan fingerprint density at radius 3 is 2.45 bits per heavy atom. The molecule has 2 aromatic carbocycles. The first-order chi connectivity index (χ1) is 22.2. The van der Waals surface area contributed by atoms with Crippen LogP contribution in [0.15, 0.2) is 66.9 Å². The van der Waals surface area contributed by atoms with E-state index < -0.39 is 40.4 Å². The van der Waals surface area contributed by atoms with Gasteiger partial charge in [-0.1, -0.05) is 0 Å². The second-order valence-electron chi connectivity index (χ2n) is 12.1. The maximum absolute atomic E-state index is 13.7. The lowest BCUT2D eigenvalue weighted by Gasteiger charge is -2.26. The van der Waals surface area contributed by atoms with Gasteiger partial charge in [0.2, 0.25) is 5.91 Å². The van der Waals surface area contributed by atoms with Gasteiger partial charge in [-0.3, -0.25) is 14.6 Å². The number of benzene rings is 2. The summed E-state index contributed by atoms with van der Waals surface area (Å²) >= 11 is 0. The van der Waals surface area contributed by atoms with Gasteiger partial charge in [0.25, 0.3) is 5.91 Å². The smallest absolute Gasteiger partial charge is 0.417 e. The summed E-state index contributed by atoms with van der Waals surface area (Å²) in [4.78, 5) is 34.4. The van der Waals surface area contributed by atoms with E-state index in [0.29, 0.717) is 22.4 Å². The van der Waals surface area contributed by atoms with Crippen LogP contribution in [0.2, 0.25) is 0 Å². The van der Waals surface area contributed by atoms with Gasteiger partial charge in [-0.2, -0.15) is 13.2 Å². The van der Waals surface area contributed by atoms with E-state index in [9.17, 15) is 32.3 Å². The third-order valence-electron chi connectivity index (χ3n) is 8.31. The second kappa shape index (κ2) is 11.6.